The Kier molecular flexibility index (Phi) is 6.85. The van der Waals surface area contributed by atoms with E-state index in [0.29, 0.717) is 17.4 Å². The van der Waals surface area contributed by atoms with Crippen LogP contribution in [0.2, 0.25) is 0 Å². The largest absolute Gasteiger partial charge is 0.496 e. The van der Waals surface area contributed by atoms with Crippen molar-refractivity contribution in [3.8, 4) is 5.75 Å². The minimum absolute atomic E-state index is 0.0484. The van der Waals surface area contributed by atoms with E-state index in [1.165, 1.54) is 25.3 Å². The molecule has 1 aromatic carbocycles. The van der Waals surface area contributed by atoms with Crippen molar-refractivity contribution >= 4 is 0 Å². The first kappa shape index (κ1) is 16.0. The van der Waals surface area contributed by atoms with Gasteiger partial charge in [-0.2, -0.15) is 0 Å². The Balaban J connectivity index is 2.64. The first-order chi connectivity index (χ1) is 9.10. The zero-order valence-electron chi connectivity index (χ0n) is 12.5. The Bertz CT molecular complexity index is 381. The molecule has 0 aliphatic carbocycles. The van der Waals surface area contributed by atoms with E-state index in [1.807, 2.05) is 6.92 Å². The van der Waals surface area contributed by atoms with E-state index in [4.69, 9.17) is 4.74 Å². The Morgan fingerprint density at radius 3 is 2.63 bits per heavy atom. The van der Waals surface area contributed by atoms with Crippen LogP contribution in [0.3, 0.4) is 0 Å². The predicted octanol–water partition coefficient (Wildman–Crippen LogP) is 4.45. The van der Waals surface area contributed by atoms with Crippen molar-refractivity contribution in [1.82, 2.24) is 5.32 Å². The van der Waals surface area contributed by atoms with Gasteiger partial charge in [0, 0.05) is 17.6 Å². The zero-order valence-corrected chi connectivity index (χ0v) is 12.5. The summed E-state index contributed by atoms with van der Waals surface area (Å²) < 4.78 is 19.2. The molecule has 0 amide bonds. The molecule has 2 nitrogen and oxygen atoms in total. The molecule has 0 bridgehead atoms. The summed E-state index contributed by atoms with van der Waals surface area (Å²) >= 11 is 0. The van der Waals surface area contributed by atoms with Crippen molar-refractivity contribution in [2.45, 2.75) is 58.5 Å². The van der Waals surface area contributed by atoms with Crippen LogP contribution in [0.25, 0.3) is 0 Å². The van der Waals surface area contributed by atoms with Gasteiger partial charge in [-0.05, 0) is 32.4 Å². The SMILES string of the molecule is CCCCCC(C)NC(C)c1c(F)cccc1OC. The summed E-state index contributed by atoms with van der Waals surface area (Å²) in [5, 5.41) is 3.45. The highest BCUT2D eigenvalue weighted by Gasteiger charge is 2.17. The number of nitrogens with one attached hydrogen (secondary N) is 1. The number of unbranched alkanes of at least 4 members (excludes halogenated alkanes) is 2. The molecule has 0 saturated carbocycles. The van der Waals surface area contributed by atoms with Gasteiger partial charge in [0.15, 0.2) is 0 Å². The smallest absolute Gasteiger partial charge is 0.131 e. The highest BCUT2D eigenvalue weighted by molar-refractivity contribution is 5.36. The highest BCUT2D eigenvalue weighted by atomic mass is 19.1. The quantitative estimate of drug-likeness (QED) is 0.702. The van der Waals surface area contributed by atoms with Crippen LogP contribution >= 0.6 is 0 Å². The summed E-state index contributed by atoms with van der Waals surface area (Å²) in [7, 11) is 1.58. The summed E-state index contributed by atoms with van der Waals surface area (Å²) in [4.78, 5) is 0. The average Bonchev–Trinajstić information content (AvgIpc) is 2.38. The van der Waals surface area contributed by atoms with Gasteiger partial charge in [-0.1, -0.05) is 32.3 Å². The number of rotatable bonds is 8. The molecule has 0 saturated heterocycles. The molecular weight excluding hydrogens is 241 g/mol. The molecule has 0 aromatic heterocycles. The van der Waals surface area contributed by atoms with Crippen LogP contribution in [0.1, 0.15) is 58.1 Å². The molecule has 0 aliphatic rings. The predicted molar refractivity (Wildman–Crippen MR) is 78.1 cm³/mol. The monoisotopic (exact) mass is 267 g/mol. The second-order valence-corrected chi connectivity index (χ2v) is 5.14. The van der Waals surface area contributed by atoms with Crippen molar-refractivity contribution < 1.29 is 9.13 Å². The third-order valence-corrected chi connectivity index (χ3v) is 3.44. The number of hydrogen-bond donors (Lipinski definition) is 1. The van der Waals surface area contributed by atoms with E-state index in [9.17, 15) is 4.39 Å². The summed E-state index contributed by atoms with van der Waals surface area (Å²) in [6.07, 6.45) is 4.81. The van der Waals surface area contributed by atoms with Crippen molar-refractivity contribution in [2.24, 2.45) is 0 Å². The van der Waals surface area contributed by atoms with Crippen LogP contribution < -0.4 is 10.1 Å². The van der Waals surface area contributed by atoms with E-state index in [0.717, 1.165) is 6.42 Å². The first-order valence-electron chi connectivity index (χ1n) is 7.18. The molecule has 1 N–H and O–H groups in total. The van der Waals surface area contributed by atoms with Crippen LogP contribution in [-0.2, 0) is 0 Å². The lowest BCUT2D eigenvalue weighted by atomic mass is 10.0. The number of ether oxygens (including phenoxy) is 1. The highest BCUT2D eigenvalue weighted by Crippen LogP contribution is 2.28. The van der Waals surface area contributed by atoms with Crippen LogP contribution in [0.15, 0.2) is 18.2 Å². The summed E-state index contributed by atoms with van der Waals surface area (Å²) in [6, 6.07) is 5.30. The van der Waals surface area contributed by atoms with E-state index in [1.54, 1.807) is 19.2 Å². The van der Waals surface area contributed by atoms with Gasteiger partial charge in [0.2, 0.25) is 0 Å². The lowest BCUT2D eigenvalue weighted by Gasteiger charge is -2.22. The lowest BCUT2D eigenvalue weighted by Crippen LogP contribution is -2.29. The molecule has 1 rings (SSSR count). The standard InChI is InChI=1S/C16H26FNO/c1-5-6-7-9-12(2)18-13(3)16-14(17)10-8-11-15(16)19-4/h8,10-13,18H,5-7,9H2,1-4H3. The zero-order chi connectivity index (χ0) is 14.3. The molecule has 19 heavy (non-hydrogen) atoms. The molecule has 0 fully saturated rings. The van der Waals surface area contributed by atoms with Crippen LogP contribution in [0.4, 0.5) is 4.39 Å². The third-order valence-electron chi connectivity index (χ3n) is 3.44. The van der Waals surface area contributed by atoms with E-state index >= 15 is 0 Å². The van der Waals surface area contributed by atoms with Crippen LogP contribution in [0, 0.1) is 5.82 Å². The third kappa shape index (κ3) is 4.83. The van der Waals surface area contributed by atoms with E-state index in [2.05, 4.69) is 19.2 Å². The Labute approximate surface area is 116 Å². The Hall–Kier alpha value is -1.09. The van der Waals surface area contributed by atoms with Crippen molar-refractivity contribution in [3.63, 3.8) is 0 Å². The number of halogens is 1. The summed E-state index contributed by atoms with van der Waals surface area (Å²) in [6.45, 7) is 6.33. The fourth-order valence-electron chi connectivity index (χ4n) is 2.41. The van der Waals surface area contributed by atoms with Gasteiger partial charge in [-0.3, -0.25) is 0 Å². The fraction of sp³-hybridized carbons (Fsp3) is 0.625. The average molecular weight is 267 g/mol. The van der Waals surface area contributed by atoms with Gasteiger partial charge < -0.3 is 10.1 Å². The van der Waals surface area contributed by atoms with E-state index < -0.39 is 0 Å². The van der Waals surface area contributed by atoms with Gasteiger partial charge in [0.05, 0.1) is 7.11 Å². The molecule has 108 valence electrons. The second-order valence-electron chi connectivity index (χ2n) is 5.14. The first-order valence-corrected chi connectivity index (χ1v) is 7.18. The fourth-order valence-corrected chi connectivity index (χ4v) is 2.41. The van der Waals surface area contributed by atoms with Crippen LogP contribution in [0.5, 0.6) is 5.75 Å². The van der Waals surface area contributed by atoms with Crippen molar-refractivity contribution in [2.75, 3.05) is 7.11 Å². The number of benzene rings is 1. The normalized spacial score (nSPS) is 14.2. The van der Waals surface area contributed by atoms with Gasteiger partial charge in [0.1, 0.15) is 11.6 Å². The van der Waals surface area contributed by atoms with Crippen molar-refractivity contribution in [1.29, 1.82) is 0 Å². The lowest BCUT2D eigenvalue weighted by molar-refractivity contribution is 0.380. The Morgan fingerprint density at radius 1 is 1.26 bits per heavy atom. The molecule has 2 atom stereocenters. The van der Waals surface area contributed by atoms with Gasteiger partial charge >= 0.3 is 0 Å². The molecule has 0 radical (unpaired) electrons. The maximum absolute atomic E-state index is 13.9. The molecule has 0 heterocycles. The maximum Gasteiger partial charge on any atom is 0.131 e. The molecule has 0 aliphatic heterocycles. The molecule has 3 heteroatoms. The molecular formula is C16H26FNO. The minimum Gasteiger partial charge on any atom is -0.496 e. The molecule has 2 unspecified atom stereocenters. The van der Waals surface area contributed by atoms with E-state index in [-0.39, 0.29) is 11.9 Å². The van der Waals surface area contributed by atoms with Gasteiger partial charge in [-0.25, -0.2) is 4.39 Å². The van der Waals surface area contributed by atoms with Gasteiger partial charge in [0.25, 0.3) is 0 Å². The van der Waals surface area contributed by atoms with Crippen LogP contribution in [-0.4, -0.2) is 13.2 Å². The molecule has 0 spiro atoms. The summed E-state index contributed by atoms with van der Waals surface area (Å²) in [5.74, 6) is 0.404. The number of hydrogen-bond acceptors (Lipinski definition) is 2. The molecule has 1 aromatic rings. The topological polar surface area (TPSA) is 21.3 Å². The summed E-state index contributed by atoms with van der Waals surface area (Å²) in [5.41, 5.74) is 0.618. The van der Waals surface area contributed by atoms with Crippen molar-refractivity contribution in [3.05, 3.63) is 29.6 Å². The number of methoxy groups -OCH3 is 1. The minimum atomic E-state index is -0.208. The maximum atomic E-state index is 13.9. The van der Waals surface area contributed by atoms with Gasteiger partial charge in [-0.15, -0.1) is 0 Å². The second kappa shape index (κ2) is 8.16. The Morgan fingerprint density at radius 2 is 2.00 bits per heavy atom.